The summed E-state index contributed by atoms with van der Waals surface area (Å²) < 4.78 is 28.9. The molecular formula is C20H22N4O2S. The molecule has 2 fully saturated rings. The number of hydrogen-bond donors (Lipinski definition) is 2. The van der Waals surface area contributed by atoms with Crippen LogP contribution in [-0.2, 0) is 9.84 Å². The first-order valence-electron chi connectivity index (χ1n) is 9.32. The van der Waals surface area contributed by atoms with Crippen LogP contribution in [0.4, 0.5) is 11.4 Å². The molecule has 2 bridgehead atoms. The fourth-order valence-corrected chi connectivity index (χ4v) is 6.46. The lowest BCUT2D eigenvalue weighted by atomic mass is 9.95. The second-order valence-electron chi connectivity index (χ2n) is 7.78. The Balaban J connectivity index is 1.79. The molecule has 0 aliphatic heterocycles. The van der Waals surface area contributed by atoms with Crippen LogP contribution in [0.3, 0.4) is 0 Å². The average Bonchev–Trinajstić information content (AvgIpc) is 3.39. The molecule has 2 saturated carbocycles. The van der Waals surface area contributed by atoms with E-state index in [2.05, 4.69) is 4.98 Å². The standard InChI is InChI=1S/C20H22N4O2S/c21-16-11-23-20-15(19(16)22)10-18(27(25,26)14-4-2-1-3-5-14)24(20)17-9-12-6-7-13(17)8-12/h1-5,10-13,17H,6-9,21H2,(H2,22,23). The van der Waals surface area contributed by atoms with Crippen molar-refractivity contribution >= 4 is 32.2 Å². The normalized spacial score (nSPS) is 24.7. The average molecular weight is 382 g/mol. The van der Waals surface area contributed by atoms with Crippen LogP contribution in [0.25, 0.3) is 11.0 Å². The third kappa shape index (κ3) is 2.37. The summed E-state index contributed by atoms with van der Waals surface area (Å²) >= 11 is 0. The van der Waals surface area contributed by atoms with Gasteiger partial charge in [-0.2, -0.15) is 0 Å². The van der Waals surface area contributed by atoms with E-state index >= 15 is 0 Å². The molecule has 5 rings (SSSR count). The number of anilines is 2. The molecule has 140 valence electrons. The van der Waals surface area contributed by atoms with Crippen LogP contribution in [0.1, 0.15) is 31.7 Å². The Labute approximate surface area is 158 Å². The van der Waals surface area contributed by atoms with Crippen LogP contribution in [0.2, 0.25) is 0 Å². The van der Waals surface area contributed by atoms with Gasteiger partial charge in [-0.15, -0.1) is 0 Å². The van der Waals surface area contributed by atoms with Crippen molar-refractivity contribution < 1.29 is 8.42 Å². The largest absolute Gasteiger partial charge is 0.396 e. The number of fused-ring (bicyclic) bond motifs is 3. The smallest absolute Gasteiger partial charge is 0.222 e. The maximum absolute atomic E-state index is 13.5. The first kappa shape index (κ1) is 16.6. The monoisotopic (exact) mass is 382 g/mol. The molecule has 2 aromatic heterocycles. The Hall–Kier alpha value is -2.54. The Morgan fingerprint density at radius 2 is 1.85 bits per heavy atom. The molecule has 2 heterocycles. The van der Waals surface area contributed by atoms with Crippen LogP contribution in [0.5, 0.6) is 0 Å². The first-order chi connectivity index (χ1) is 13.0. The van der Waals surface area contributed by atoms with Gasteiger partial charge in [-0.1, -0.05) is 24.6 Å². The quantitative estimate of drug-likeness (QED) is 0.722. The number of aromatic nitrogens is 2. The molecule has 0 saturated heterocycles. The van der Waals surface area contributed by atoms with Gasteiger partial charge < -0.3 is 16.0 Å². The predicted octanol–water partition coefficient (Wildman–Crippen LogP) is 3.39. The van der Waals surface area contributed by atoms with Gasteiger partial charge in [0.05, 0.1) is 22.5 Å². The summed E-state index contributed by atoms with van der Waals surface area (Å²) in [6.45, 7) is 0. The summed E-state index contributed by atoms with van der Waals surface area (Å²) in [5.41, 5.74) is 13.5. The summed E-state index contributed by atoms with van der Waals surface area (Å²) in [6, 6.07) is 10.3. The van der Waals surface area contributed by atoms with Gasteiger partial charge in [0.15, 0.2) is 0 Å². The summed E-state index contributed by atoms with van der Waals surface area (Å²) in [7, 11) is -3.69. The number of nitrogen functional groups attached to an aromatic ring is 2. The third-order valence-corrected chi connectivity index (χ3v) is 8.02. The zero-order valence-electron chi connectivity index (χ0n) is 14.9. The molecule has 3 atom stereocenters. The van der Waals surface area contributed by atoms with Crippen LogP contribution in [0.15, 0.2) is 52.5 Å². The number of hydrogen-bond acceptors (Lipinski definition) is 5. The van der Waals surface area contributed by atoms with Crippen molar-refractivity contribution in [1.82, 2.24) is 9.55 Å². The number of sulfone groups is 1. The minimum Gasteiger partial charge on any atom is -0.396 e. The van der Waals surface area contributed by atoms with Crippen molar-refractivity contribution in [2.45, 2.75) is 41.6 Å². The maximum atomic E-state index is 13.5. The zero-order chi connectivity index (χ0) is 18.8. The van der Waals surface area contributed by atoms with E-state index in [-0.39, 0.29) is 16.0 Å². The highest BCUT2D eigenvalue weighted by atomic mass is 32.2. The third-order valence-electron chi connectivity index (χ3n) is 6.26. The zero-order valence-corrected chi connectivity index (χ0v) is 15.7. The van der Waals surface area contributed by atoms with Gasteiger partial charge in [-0.3, -0.25) is 0 Å². The topological polar surface area (TPSA) is 104 Å². The molecule has 0 amide bonds. The molecule has 2 aliphatic rings. The van der Waals surface area contributed by atoms with Gasteiger partial charge in [0, 0.05) is 11.4 Å². The maximum Gasteiger partial charge on any atom is 0.222 e. The van der Waals surface area contributed by atoms with E-state index in [0.29, 0.717) is 34.2 Å². The highest BCUT2D eigenvalue weighted by molar-refractivity contribution is 7.91. The van der Waals surface area contributed by atoms with Gasteiger partial charge in [0.25, 0.3) is 0 Å². The summed E-state index contributed by atoms with van der Waals surface area (Å²) in [5, 5.41) is 0.887. The highest BCUT2D eigenvalue weighted by Crippen LogP contribution is 2.52. The van der Waals surface area contributed by atoms with E-state index in [4.69, 9.17) is 11.5 Å². The van der Waals surface area contributed by atoms with Gasteiger partial charge in [-0.25, -0.2) is 13.4 Å². The highest BCUT2D eigenvalue weighted by Gasteiger charge is 2.43. The van der Waals surface area contributed by atoms with Crippen molar-refractivity contribution in [2.24, 2.45) is 11.8 Å². The summed E-state index contributed by atoms with van der Waals surface area (Å²) in [4.78, 5) is 4.77. The molecule has 0 spiro atoms. The second-order valence-corrected chi connectivity index (χ2v) is 9.67. The van der Waals surface area contributed by atoms with Gasteiger partial charge >= 0.3 is 0 Å². The minimum absolute atomic E-state index is 0.144. The molecule has 3 unspecified atom stereocenters. The molecule has 6 nitrogen and oxygen atoms in total. The molecule has 0 radical (unpaired) electrons. The molecule has 3 aromatic rings. The number of benzene rings is 1. The predicted molar refractivity (Wildman–Crippen MR) is 105 cm³/mol. The van der Waals surface area contributed by atoms with E-state index in [1.165, 1.54) is 19.0 Å². The molecule has 4 N–H and O–H groups in total. The van der Waals surface area contributed by atoms with E-state index in [9.17, 15) is 8.42 Å². The Morgan fingerprint density at radius 1 is 1.07 bits per heavy atom. The number of nitrogens with two attached hydrogens (primary N) is 2. The lowest BCUT2D eigenvalue weighted by molar-refractivity contribution is 0.320. The van der Waals surface area contributed by atoms with Crippen LogP contribution >= 0.6 is 0 Å². The SMILES string of the molecule is Nc1cnc2c(cc(S(=O)(=O)c3ccccc3)n2C2CC3CCC2C3)c1N. The van der Waals surface area contributed by atoms with E-state index < -0.39 is 9.84 Å². The lowest BCUT2D eigenvalue weighted by Crippen LogP contribution is -2.20. The van der Waals surface area contributed by atoms with Crippen molar-refractivity contribution in [2.75, 3.05) is 11.5 Å². The summed E-state index contributed by atoms with van der Waals surface area (Å²) in [5.74, 6) is 1.17. The van der Waals surface area contributed by atoms with Crippen LogP contribution < -0.4 is 11.5 Å². The van der Waals surface area contributed by atoms with Crippen LogP contribution in [0, 0.1) is 11.8 Å². The number of rotatable bonds is 3. The number of pyridine rings is 1. The van der Waals surface area contributed by atoms with Gasteiger partial charge in [-0.05, 0) is 49.3 Å². The van der Waals surface area contributed by atoms with Gasteiger partial charge in [0.2, 0.25) is 9.84 Å². The molecule has 27 heavy (non-hydrogen) atoms. The van der Waals surface area contributed by atoms with E-state index in [0.717, 1.165) is 12.8 Å². The van der Waals surface area contributed by atoms with Gasteiger partial charge in [0.1, 0.15) is 10.7 Å². The lowest BCUT2D eigenvalue weighted by Gasteiger charge is -2.26. The van der Waals surface area contributed by atoms with Crippen molar-refractivity contribution in [3.8, 4) is 0 Å². The molecule has 7 heteroatoms. The van der Waals surface area contributed by atoms with E-state index in [1.54, 1.807) is 30.3 Å². The first-order valence-corrected chi connectivity index (χ1v) is 10.8. The second kappa shape index (κ2) is 5.73. The Bertz CT molecular complexity index is 1140. The number of nitrogens with zero attached hydrogens (tertiary/aromatic N) is 2. The minimum atomic E-state index is -3.69. The molecule has 2 aliphatic carbocycles. The van der Waals surface area contributed by atoms with E-state index in [1.807, 2.05) is 10.6 Å². The van der Waals surface area contributed by atoms with Crippen molar-refractivity contribution in [1.29, 1.82) is 0 Å². The van der Waals surface area contributed by atoms with Crippen LogP contribution in [-0.4, -0.2) is 18.0 Å². The summed E-state index contributed by atoms with van der Waals surface area (Å²) in [6.07, 6.45) is 6.07. The Kier molecular flexibility index (Phi) is 3.53. The van der Waals surface area contributed by atoms with Crippen molar-refractivity contribution in [3.05, 3.63) is 42.6 Å². The fourth-order valence-electron chi connectivity index (χ4n) is 4.95. The molecule has 1 aromatic carbocycles. The molecular weight excluding hydrogens is 360 g/mol. The Morgan fingerprint density at radius 3 is 2.52 bits per heavy atom. The van der Waals surface area contributed by atoms with Crippen molar-refractivity contribution in [3.63, 3.8) is 0 Å². The fraction of sp³-hybridized carbons (Fsp3) is 0.350.